The Bertz CT molecular complexity index is 760. The van der Waals surface area contributed by atoms with E-state index in [0.29, 0.717) is 20.6 Å². The maximum absolute atomic E-state index is 12.3. The number of benzene rings is 1. The molecule has 0 unspecified atom stereocenters. The van der Waals surface area contributed by atoms with E-state index in [9.17, 15) is 8.42 Å². The summed E-state index contributed by atoms with van der Waals surface area (Å²) in [6.07, 6.45) is 0. The van der Waals surface area contributed by atoms with Crippen LogP contribution in [0.2, 0.25) is 0 Å². The van der Waals surface area contributed by atoms with Crippen LogP contribution in [0, 0.1) is 18.3 Å². The Morgan fingerprint density at radius 1 is 1.37 bits per heavy atom. The van der Waals surface area contributed by atoms with Gasteiger partial charge < -0.3 is 0 Å². The minimum Gasteiger partial charge on any atom is -0.269 e. The molecule has 0 radical (unpaired) electrons. The molecule has 0 amide bonds. The molecule has 98 valence electrons. The van der Waals surface area contributed by atoms with E-state index >= 15 is 0 Å². The molecule has 4 nitrogen and oxygen atoms in total. The van der Waals surface area contributed by atoms with E-state index in [-0.39, 0.29) is 4.90 Å². The fraction of sp³-hybridized carbons (Fsp3) is 0.0833. The zero-order chi connectivity index (χ0) is 14.0. The highest BCUT2D eigenvalue weighted by atomic mass is 79.9. The first-order chi connectivity index (χ1) is 8.94. The van der Waals surface area contributed by atoms with Crippen molar-refractivity contribution >= 4 is 42.3 Å². The second-order valence-electron chi connectivity index (χ2n) is 3.79. The van der Waals surface area contributed by atoms with E-state index in [0.717, 1.165) is 0 Å². The largest absolute Gasteiger partial charge is 0.269 e. The summed E-state index contributed by atoms with van der Waals surface area (Å²) in [6, 6.07) is 8.57. The van der Waals surface area contributed by atoms with Crippen molar-refractivity contribution in [3.05, 3.63) is 45.2 Å². The monoisotopic (exact) mass is 356 g/mol. The molecule has 0 spiro atoms. The number of sulfonamides is 1. The van der Waals surface area contributed by atoms with Gasteiger partial charge in [-0.15, -0.1) is 11.3 Å². The van der Waals surface area contributed by atoms with Crippen molar-refractivity contribution in [1.29, 1.82) is 5.26 Å². The van der Waals surface area contributed by atoms with Gasteiger partial charge in [-0.2, -0.15) is 5.26 Å². The number of rotatable bonds is 3. The average molecular weight is 357 g/mol. The van der Waals surface area contributed by atoms with Gasteiger partial charge in [0.25, 0.3) is 10.0 Å². The Morgan fingerprint density at radius 2 is 2.11 bits per heavy atom. The number of hydrogen-bond acceptors (Lipinski definition) is 4. The molecule has 2 aromatic rings. The second-order valence-corrected chi connectivity index (χ2v) is 7.27. The van der Waals surface area contributed by atoms with Crippen LogP contribution in [-0.4, -0.2) is 8.42 Å². The average Bonchev–Trinajstić information content (AvgIpc) is 2.78. The lowest BCUT2D eigenvalue weighted by molar-refractivity contribution is 0.600. The molecule has 1 heterocycles. The minimum atomic E-state index is -3.69. The van der Waals surface area contributed by atoms with Gasteiger partial charge in [0.05, 0.1) is 10.5 Å². The normalized spacial score (nSPS) is 11.0. The van der Waals surface area contributed by atoms with Crippen LogP contribution in [0.15, 0.2) is 39.0 Å². The minimum absolute atomic E-state index is 0.194. The molecule has 0 atom stereocenters. The van der Waals surface area contributed by atoms with Gasteiger partial charge in [-0.05, 0) is 36.1 Å². The maximum Gasteiger partial charge on any atom is 0.262 e. The van der Waals surface area contributed by atoms with Crippen LogP contribution < -0.4 is 4.72 Å². The Kier molecular flexibility index (Phi) is 3.94. The third-order valence-corrected chi connectivity index (χ3v) is 5.40. The van der Waals surface area contributed by atoms with Crippen molar-refractivity contribution in [2.45, 2.75) is 11.8 Å². The first kappa shape index (κ1) is 14.1. The number of aryl methyl sites for hydroxylation is 1. The van der Waals surface area contributed by atoms with E-state index in [4.69, 9.17) is 5.26 Å². The van der Waals surface area contributed by atoms with E-state index in [1.54, 1.807) is 30.5 Å². The third kappa shape index (κ3) is 2.97. The molecule has 0 saturated heterocycles. The molecule has 1 aromatic heterocycles. The quantitative estimate of drug-likeness (QED) is 0.914. The molecule has 0 aliphatic rings. The molecular formula is C12H9BrN2O2S2. The van der Waals surface area contributed by atoms with Crippen molar-refractivity contribution in [3.63, 3.8) is 0 Å². The second kappa shape index (κ2) is 5.33. The first-order valence-electron chi connectivity index (χ1n) is 5.20. The summed E-state index contributed by atoms with van der Waals surface area (Å²) in [7, 11) is -3.69. The lowest BCUT2D eigenvalue weighted by atomic mass is 10.2. The van der Waals surface area contributed by atoms with Gasteiger partial charge in [-0.1, -0.05) is 22.0 Å². The van der Waals surface area contributed by atoms with Crippen molar-refractivity contribution in [2.75, 3.05) is 4.72 Å². The highest BCUT2D eigenvalue weighted by molar-refractivity contribution is 9.10. The summed E-state index contributed by atoms with van der Waals surface area (Å²) in [5, 5.41) is 10.9. The number of thiophene rings is 1. The molecule has 0 bridgehead atoms. The molecule has 1 aromatic carbocycles. The number of nitrogens with one attached hydrogen (secondary N) is 1. The predicted octanol–water partition coefficient (Wildman–Crippen LogP) is 3.49. The van der Waals surface area contributed by atoms with Gasteiger partial charge in [-0.3, -0.25) is 4.72 Å². The van der Waals surface area contributed by atoms with Gasteiger partial charge in [0.15, 0.2) is 0 Å². The number of halogens is 1. The molecule has 19 heavy (non-hydrogen) atoms. The van der Waals surface area contributed by atoms with Gasteiger partial charge >= 0.3 is 0 Å². The van der Waals surface area contributed by atoms with Crippen molar-refractivity contribution < 1.29 is 8.42 Å². The van der Waals surface area contributed by atoms with Gasteiger partial charge in [0, 0.05) is 4.47 Å². The number of nitrogens with zero attached hydrogens (tertiary/aromatic N) is 1. The summed E-state index contributed by atoms with van der Waals surface area (Å²) in [4.78, 5) is 0.194. The Balaban J connectivity index is 2.44. The van der Waals surface area contributed by atoms with Gasteiger partial charge in [-0.25, -0.2) is 8.42 Å². The predicted molar refractivity (Wildman–Crippen MR) is 78.7 cm³/mol. The Hall–Kier alpha value is -1.36. The van der Waals surface area contributed by atoms with Crippen LogP contribution in [0.1, 0.15) is 11.1 Å². The summed E-state index contributed by atoms with van der Waals surface area (Å²) in [5.74, 6) is 0. The lowest BCUT2D eigenvalue weighted by Gasteiger charge is -2.09. The van der Waals surface area contributed by atoms with Crippen LogP contribution in [0.25, 0.3) is 0 Å². The SMILES string of the molecule is Cc1ccc(Br)cc1S(=O)(=O)Nc1sccc1C#N. The van der Waals surface area contributed by atoms with Crippen LogP contribution in [-0.2, 0) is 10.0 Å². The summed E-state index contributed by atoms with van der Waals surface area (Å²) >= 11 is 4.43. The van der Waals surface area contributed by atoms with Crippen LogP contribution in [0.5, 0.6) is 0 Å². The molecule has 0 saturated carbocycles. The zero-order valence-corrected chi connectivity index (χ0v) is 13.1. The van der Waals surface area contributed by atoms with Crippen molar-refractivity contribution in [2.24, 2.45) is 0 Å². The fourth-order valence-corrected chi connectivity index (χ4v) is 4.37. The lowest BCUT2D eigenvalue weighted by Crippen LogP contribution is -2.14. The molecule has 1 N–H and O–H groups in total. The molecular weight excluding hydrogens is 348 g/mol. The van der Waals surface area contributed by atoms with E-state index in [2.05, 4.69) is 20.7 Å². The Morgan fingerprint density at radius 3 is 2.79 bits per heavy atom. The highest BCUT2D eigenvalue weighted by Gasteiger charge is 2.19. The zero-order valence-electron chi connectivity index (χ0n) is 9.84. The van der Waals surface area contributed by atoms with Gasteiger partial charge in [0.2, 0.25) is 0 Å². The molecule has 0 aliphatic carbocycles. The standard InChI is InChI=1S/C12H9BrN2O2S2/c1-8-2-3-10(13)6-11(8)19(16,17)15-12-9(7-14)4-5-18-12/h2-6,15H,1H3. The molecule has 2 rings (SSSR count). The first-order valence-corrected chi connectivity index (χ1v) is 8.36. The fourth-order valence-electron chi connectivity index (χ4n) is 1.52. The number of hydrogen-bond donors (Lipinski definition) is 1. The summed E-state index contributed by atoms with van der Waals surface area (Å²) < 4.78 is 27.7. The summed E-state index contributed by atoms with van der Waals surface area (Å²) in [6.45, 7) is 1.72. The smallest absolute Gasteiger partial charge is 0.262 e. The summed E-state index contributed by atoms with van der Waals surface area (Å²) in [5.41, 5.74) is 0.965. The van der Waals surface area contributed by atoms with E-state index in [1.807, 2.05) is 6.07 Å². The van der Waals surface area contributed by atoms with E-state index in [1.165, 1.54) is 17.4 Å². The number of nitriles is 1. The van der Waals surface area contributed by atoms with E-state index < -0.39 is 10.0 Å². The van der Waals surface area contributed by atoms with Crippen LogP contribution in [0.4, 0.5) is 5.00 Å². The van der Waals surface area contributed by atoms with Crippen LogP contribution >= 0.6 is 27.3 Å². The van der Waals surface area contributed by atoms with Crippen LogP contribution in [0.3, 0.4) is 0 Å². The topological polar surface area (TPSA) is 70.0 Å². The number of anilines is 1. The third-order valence-electron chi connectivity index (χ3n) is 2.45. The van der Waals surface area contributed by atoms with Crippen molar-refractivity contribution in [3.8, 4) is 6.07 Å². The highest BCUT2D eigenvalue weighted by Crippen LogP contribution is 2.27. The Labute approximate surface area is 123 Å². The maximum atomic E-state index is 12.3. The molecule has 0 fully saturated rings. The molecule has 7 heteroatoms. The van der Waals surface area contributed by atoms with Gasteiger partial charge in [0.1, 0.15) is 11.1 Å². The van der Waals surface area contributed by atoms with Crippen molar-refractivity contribution in [1.82, 2.24) is 0 Å². The molecule has 0 aliphatic heterocycles.